The SMILES string of the molecule is Cc1nc2cc(OC(C(C)O)N3CCN(Cc4nc(C5CCCC5)no4)CC3)ccc2s1. The second kappa shape index (κ2) is 9.43. The molecule has 1 saturated heterocycles. The Bertz CT molecular complexity index is 1040. The van der Waals surface area contributed by atoms with E-state index in [1.807, 2.05) is 25.1 Å². The first-order valence-corrected chi connectivity index (χ1v) is 12.4. The molecule has 2 fully saturated rings. The smallest absolute Gasteiger partial charge is 0.240 e. The number of hydrogen-bond donors (Lipinski definition) is 1. The van der Waals surface area contributed by atoms with Crippen molar-refractivity contribution in [3.8, 4) is 5.75 Å². The second-order valence-electron chi connectivity index (χ2n) is 8.95. The van der Waals surface area contributed by atoms with E-state index in [1.54, 1.807) is 18.3 Å². The summed E-state index contributed by atoms with van der Waals surface area (Å²) in [5, 5.41) is 15.7. The molecule has 172 valence electrons. The monoisotopic (exact) mass is 457 g/mol. The third-order valence-corrected chi connectivity index (χ3v) is 7.42. The lowest BCUT2D eigenvalue weighted by Crippen LogP contribution is -2.55. The van der Waals surface area contributed by atoms with Gasteiger partial charge >= 0.3 is 0 Å². The number of aliphatic hydroxyl groups excluding tert-OH is 1. The van der Waals surface area contributed by atoms with Gasteiger partial charge in [-0.25, -0.2) is 4.98 Å². The van der Waals surface area contributed by atoms with Crippen LogP contribution in [0.5, 0.6) is 5.75 Å². The molecule has 3 heterocycles. The molecule has 3 aromatic rings. The lowest BCUT2D eigenvalue weighted by Gasteiger charge is -2.39. The van der Waals surface area contributed by atoms with Gasteiger partial charge in [-0.3, -0.25) is 9.80 Å². The normalized spacial score (nSPS) is 20.7. The topological polar surface area (TPSA) is 87.8 Å². The Balaban J connectivity index is 1.17. The van der Waals surface area contributed by atoms with Crippen LogP contribution in [0.25, 0.3) is 10.2 Å². The van der Waals surface area contributed by atoms with E-state index < -0.39 is 12.3 Å². The lowest BCUT2D eigenvalue weighted by atomic mass is 10.1. The molecule has 1 N–H and O–H groups in total. The third-order valence-electron chi connectivity index (χ3n) is 6.47. The number of fused-ring (bicyclic) bond motifs is 1. The van der Waals surface area contributed by atoms with E-state index in [2.05, 4.69) is 24.9 Å². The quantitative estimate of drug-likeness (QED) is 0.576. The summed E-state index contributed by atoms with van der Waals surface area (Å²) in [6.45, 7) is 7.79. The zero-order chi connectivity index (χ0) is 22.1. The summed E-state index contributed by atoms with van der Waals surface area (Å²) in [6, 6.07) is 5.96. The summed E-state index contributed by atoms with van der Waals surface area (Å²) in [7, 11) is 0. The molecule has 9 heteroatoms. The molecule has 1 aliphatic heterocycles. The fraction of sp³-hybridized carbons (Fsp3) is 0.609. The molecule has 0 bridgehead atoms. The van der Waals surface area contributed by atoms with Crippen molar-refractivity contribution in [3.63, 3.8) is 0 Å². The van der Waals surface area contributed by atoms with Crippen LogP contribution in [-0.2, 0) is 6.54 Å². The highest BCUT2D eigenvalue weighted by Gasteiger charge is 2.30. The van der Waals surface area contributed by atoms with E-state index in [-0.39, 0.29) is 0 Å². The van der Waals surface area contributed by atoms with E-state index in [0.29, 0.717) is 18.4 Å². The molecule has 8 nitrogen and oxygen atoms in total. The van der Waals surface area contributed by atoms with Crippen molar-refractivity contribution in [2.24, 2.45) is 0 Å². The number of benzene rings is 1. The molecule has 1 aromatic carbocycles. The molecular weight excluding hydrogens is 426 g/mol. The Morgan fingerprint density at radius 1 is 1.19 bits per heavy atom. The number of thiazole rings is 1. The van der Waals surface area contributed by atoms with Crippen molar-refractivity contribution in [3.05, 3.63) is 34.9 Å². The maximum Gasteiger partial charge on any atom is 0.240 e. The Morgan fingerprint density at radius 2 is 1.97 bits per heavy atom. The van der Waals surface area contributed by atoms with Crippen molar-refractivity contribution in [2.45, 2.75) is 64.3 Å². The van der Waals surface area contributed by atoms with E-state index in [4.69, 9.17) is 9.26 Å². The maximum atomic E-state index is 10.4. The molecule has 1 saturated carbocycles. The van der Waals surface area contributed by atoms with E-state index in [1.165, 1.54) is 25.7 Å². The summed E-state index contributed by atoms with van der Waals surface area (Å²) in [5.74, 6) is 2.80. The largest absolute Gasteiger partial charge is 0.472 e. The number of aryl methyl sites for hydroxylation is 1. The number of hydrogen-bond acceptors (Lipinski definition) is 9. The predicted octanol–water partition coefficient (Wildman–Crippen LogP) is 3.55. The summed E-state index contributed by atoms with van der Waals surface area (Å²) < 4.78 is 12.9. The third kappa shape index (κ3) is 4.80. The Hall–Kier alpha value is -2.07. The first-order chi connectivity index (χ1) is 15.5. The zero-order valence-electron chi connectivity index (χ0n) is 18.7. The van der Waals surface area contributed by atoms with Crippen LogP contribution in [0.2, 0.25) is 0 Å². The highest BCUT2D eigenvalue weighted by atomic mass is 32.1. The lowest BCUT2D eigenvalue weighted by molar-refractivity contribution is -0.0757. The van der Waals surface area contributed by atoms with E-state index >= 15 is 0 Å². The molecule has 0 spiro atoms. The van der Waals surface area contributed by atoms with Gasteiger partial charge in [0.15, 0.2) is 12.1 Å². The summed E-state index contributed by atoms with van der Waals surface area (Å²) >= 11 is 1.67. The minimum Gasteiger partial charge on any atom is -0.472 e. The van der Waals surface area contributed by atoms with Gasteiger partial charge in [0, 0.05) is 38.2 Å². The average Bonchev–Trinajstić information content (AvgIpc) is 3.52. The molecule has 2 aliphatic rings. The van der Waals surface area contributed by atoms with E-state index in [9.17, 15) is 5.11 Å². The first kappa shape index (κ1) is 21.8. The van der Waals surface area contributed by atoms with Gasteiger partial charge in [-0.05, 0) is 38.8 Å². The Labute approximate surface area is 192 Å². The summed E-state index contributed by atoms with van der Waals surface area (Å²) in [6.07, 6.45) is 3.87. The number of nitrogens with zero attached hydrogens (tertiary/aromatic N) is 5. The number of piperazine rings is 1. The van der Waals surface area contributed by atoms with Gasteiger partial charge in [0.1, 0.15) is 11.9 Å². The minimum absolute atomic E-state index is 0.397. The molecule has 1 aliphatic carbocycles. The second-order valence-corrected chi connectivity index (χ2v) is 10.2. The van der Waals surface area contributed by atoms with Crippen molar-refractivity contribution in [1.29, 1.82) is 0 Å². The average molecular weight is 458 g/mol. The van der Waals surface area contributed by atoms with E-state index in [0.717, 1.165) is 53.0 Å². The maximum absolute atomic E-state index is 10.4. The number of aromatic nitrogens is 3. The molecule has 2 aromatic heterocycles. The van der Waals surface area contributed by atoms with Crippen LogP contribution in [0.1, 0.15) is 55.2 Å². The molecular formula is C23H31N5O3S. The van der Waals surface area contributed by atoms with Gasteiger partial charge in [0.05, 0.1) is 21.8 Å². The van der Waals surface area contributed by atoms with Crippen LogP contribution in [0.3, 0.4) is 0 Å². The van der Waals surface area contributed by atoms with Crippen molar-refractivity contribution in [2.75, 3.05) is 26.2 Å². The molecule has 32 heavy (non-hydrogen) atoms. The highest BCUT2D eigenvalue weighted by molar-refractivity contribution is 7.18. The van der Waals surface area contributed by atoms with Gasteiger partial charge in [-0.2, -0.15) is 4.98 Å². The van der Waals surface area contributed by atoms with Crippen molar-refractivity contribution < 1.29 is 14.4 Å². The molecule has 2 atom stereocenters. The van der Waals surface area contributed by atoms with Crippen LogP contribution < -0.4 is 4.74 Å². The molecule has 5 rings (SSSR count). The molecule has 0 amide bonds. The van der Waals surface area contributed by atoms with Gasteiger partial charge in [-0.1, -0.05) is 18.0 Å². The zero-order valence-corrected chi connectivity index (χ0v) is 19.6. The van der Waals surface area contributed by atoms with Crippen LogP contribution in [0.15, 0.2) is 22.7 Å². The van der Waals surface area contributed by atoms with Gasteiger partial charge in [-0.15, -0.1) is 11.3 Å². The molecule has 2 unspecified atom stereocenters. The first-order valence-electron chi connectivity index (χ1n) is 11.6. The fourth-order valence-corrected chi connectivity index (χ4v) is 5.57. The van der Waals surface area contributed by atoms with Crippen molar-refractivity contribution in [1.82, 2.24) is 24.9 Å². The van der Waals surface area contributed by atoms with Crippen LogP contribution in [-0.4, -0.2) is 68.5 Å². The Morgan fingerprint density at radius 3 is 2.72 bits per heavy atom. The van der Waals surface area contributed by atoms with Gasteiger partial charge in [0.2, 0.25) is 5.89 Å². The predicted molar refractivity (Wildman–Crippen MR) is 123 cm³/mol. The standard InChI is InChI=1S/C23H31N5O3S/c1-15(29)23(30-18-7-8-20-19(13-18)24-16(2)32-20)28-11-9-27(10-12-28)14-21-25-22(26-31-21)17-5-3-4-6-17/h7-8,13,15,17,23,29H,3-6,9-12,14H2,1-2H3. The summed E-state index contributed by atoms with van der Waals surface area (Å²) in [5.41, 5.74) is 0.940. The van der Waals surface area contributed by atoms with Gasteiger partial charge < -0.3 is 14.4 Å². The van der Waals surface area contributed by atoms with Crippen LogP contribution in [0.4, 0.5) is 0 Å². The number of ether oxygens (including phenoxy) is 1. The Kier molecular flexibility index (Phi) is 6.41. The minimum atomic E-state index is -0.612. The summed E-state index contributed by atoms with van der Waals surface area (Å²) in [4.78, 5) is 13.7. The van der Waals surface area contributed by atoms with Crippen LogP contribution >= 0.6 is 11.3 Å². The highest BCUT2D eigenvalue weighted by Crippen LogP contribution is 2.32. The van der Waals surface area contributed by atoms with Gasteiger partial charge in [0.25, 0.3) is 0 Å². The number of aliphatic hydroxyl groups is 1. The van der Waals surface area contributed by atoms with Crippen LogP contribution in [0, 0.1) is 6.92 Å². The number of rotatable bonds is 7. The van der Waals surface area contributed by atoms with Crippen molar-refractivity contribution >= 4 is 21.6 Å². The fourth-order valence-electron chi connectivity index (χ4n) is 4.76. The molecule has 0 radical (unpaired) electrons.